The first-order chi connectivity index (χ1) is 6.19. The molecule has 0 amide bonds. The Hall–Kier alpha value is -1.26. The molecule has 1 rings (SSSR count). The van der Waals surface area contributed by atoms with Crippen LogP contribution < -0.4 is 10.5 Å². The lowest BCUT2D eigenvalue weighted by Gasteiger charge is -2.13. The topological polar surface area (TPSA) is 75.7 Å². The minimum absolute atomic E-state index is 0.116. The van der Waals surface area contributed by atoms with Gasteiger partial charge >= 0.3 is 0 Å². The molecule has 0 fully saturated rings. The molecule has 0 spiro atoms. The van der Waals surface area contributed by atoms with Crippen molar-refractivity contribution in [2.24, 2.45) is 5.73 Å². The lowest BCUT2D eigenvalue weighted by molar-refractivity contribution is 0.264. The molecule has 0 aromatic heterocycles. The fraction of sp³-hybridized carbons (Fsp3) is 0.333. The third-order valence-corrected chi connectivity index (χ3v) is 1.81. The van der Waals surface area contributed by atoms with E-state index in [1.807, 2.05) is 0 Å². The molecule has 0 bridgehead atoms. The highest BCUT2D eigenvalue weighted by Gasteiger charge is 2.10. The van der Waals surface area contributed by atoms with Crippen LogP contribution in [-0.4, -0.2) is 23.9 Å². The van der Waals surface area contributed by atoms with Crippen LogP contribution in [0.15, 0.2) is 18.2 Å². The zero-order valence-electron chi connectivity index (χ0n) is 7.40. The number of hydrogen-bond acceptors (Lipinski definition) is 4. The van der Waals surface area contributed by atoms with Crippen LogP contribution in [0.2, 0.25) is 0 Å². The van der Waals surface area contributed by atoms with Gasteiger partial charge < -0.3 is 20.7 Å². The van der Waals surface area contributed by atoms with Crippen molar-refractivity contribution in [1.82, 2.24) is 0 Å². The van der Waals surface area contributed by atoms with Crippen molar-refractivity contribution in [1.29, 1.82) is 0 Å². The van der Waals surface area contributed by atoms with Crippen molar-refractivity contribution >= 4 is 0 Å². The molecule has 0 saturated carbocycles. The number of nitrogens with two attached hydrogens (primary N) is 1. The van der Waals surface area contributed by atoms with Gasteiger partial charge in [0, 0.05) is 11.6 Å². The second kappa shape index (κ2) is 4.11. The number of ether oxygens (including phenoxy) is 1. The number of benzene rings is 1. The Labute approximate surface area is 76.6 Å². The molecule has 0 aliphatic heterocycles. The average Bonchev–Trinajstić information content (AvgIpc) is 2.16. The van der Waals surface area contributed by atoms with Gasteiger partial charge in [0.15, 0.2) is 0 Å². The smallest absolute Gasteiger partial charge is 0.127 e. The van der Waals surface area contributed by atoms with E-state index >= 15 is 0 Å². The first-order valence-electron chi connectivity index (χ1n) is 3.92. The summed E-state index contributed by atoms with van der Waals surface area (Å²) in [5.41, 5.74) is 6.29. The van der Waals surface area contributed by atoms with Crippen molar-refractivity contribution in [3.8, 4) is 11.5 Å². The molecule has 0 heterocycles. The Balaban J connectivity index is 3.05. The van der Waals surface area contributed by atoms with Gasteiger partial charge in [-0.1, -0.05) is 0 Å². The Bertz CT molecular complexity index is 288. The first kappa shape index (κ1) is 9.83. The molecule has 4 heteroatoms. The molecule has 4 N–H and O–H groups in total. The highest BCUT2D eigenvalue weighted by Crippen LogP contribution is 2.27. The molecule has 0 unspecified atom stereocenters. The number of phenols is 1. The van der Waals surface area contributed by atoms with Crippen LogP contribution in [0.3, 0.4) is 0 Å². The van der Waals surface area contributed by atoms with Gasteiger partial charge in [0.2, 0.25) is 0 Å². The lowest BCUT2D eigenvalue weighted by atomic mass is 10.1. The highest BCUT2D eigenvalue weighted by molar-refractivity contribution is 5.41. The molecule has 13 heavy (non-hydrogen) atoms. The number of phenolic OH excluding ortho intramolecular Hbond substituents is 1. The lowest BCUT2D eigenvalue weighted by Crippen LogP contribution is -2.15. The third kappa shape index (κ3) is 2.11. The molecule has 0 saturated heterocycles. The van der Waals surface area contributed by atoms with Crippen LogP contribution in [0.4, 0.5) is 0 Å². The maximum absolute atomic E-state index is 9.14. The maximum Gasteiger partial charge on any atom is 0.127 e. The summed E-state index contributed by atoms with van der Waals surface area (Å²) in [6.07, 6.45) is 0. The van der Waals surface area contributed by atoms with Crippen molar-refractivity contribution in [2.75, 3.05) is 13.7 Å². The molecular weight excluding hydrogens is 170 g/mol. The second-order valence-corrected chi connectivity index (χ2v) is 2.72. The summed E-state index contributed by atoms with van der Waals surface area (Å²) < 4.78 is 5.00. The summed E-state index contributed by atoms with van der Waals surface area (Å²) in [5, 5.41) is 18.0. The van der Waals surface area contributed by atoms with Crippen LogP contribution in [0.5, 0.6) is 11.5 Å². The van der Waals surface area contributed by atoms with Crippen LogP contribution in [0, 0.1) is 0 Å². The Kier molecular flexibility index (Phi) is 3.11. The van der Waals surface area contributed by atoms with Crippen LogP contribution in [0.1, 0.15) is 11.6 Å². The maximum atomic E-state index is 9.14. The van der Waals surface area contributed by atoms with Crippen molar-refractivity contribution in [3.63, 3.8) is 0 Å². The summed E-state index contributed by atoms with van der Waals surface area (Å²) in [5.74, 6) is 0.604. The molecule has 1 aromatic carbocycles. The van der Waals surface area contributed by atoms with Gasteiger partial charge in [0.1, 0.15) is 11.5 Å². The molecule has 0 aliphatic carbocycles. The highest BCUT2D eigenvalue weighted by atomic mass is 16.5. The molecule has 1 atom stereocenters. The minimum atomic E-state index is -0.476. The molecule has 0 radical (unpaired) electrons. The Morgan fingerprint density at radius 2 is 2.23 bits per heavy atom. The van der Waals surface area contributed by atoms with Crippen LogP contribution in [-0.2, 0) is 0 Å². The fourth-order valence-corrected chi connectivity index (χ4v) is 1.10. The second-order valence-electron chi connectivity index (χ2n) is 2.72. The predicted molar refractivity (Wildman–Crippen MR) is 48.7 cm³/mol. The molecule has 72 valence electrons. The Morgan fingerprint density at radius 3 is 2.77 bits per heavy atom. The predicted octanol–water partition coefficient (Wildman–Crippen LogP) is 0.393. The van der Waals surface area contributed by atoms with Gasteiger partial charge in [-0.05, 0) is 12.1 Å². The van der Waals surface area contributed by atoms with Gasteiger partial charge in [-0.3, -0.25) is 0 Å². The number of aliphatic hydroxyl groups excluding tert-OH is 1. The van der Waals surface area contributed by atoms with Gasteiger partial charge in [0.25, 0.3) is 0 Å². The molecule has 0 aliphatic rings. The number of methoxy groups -OCH3 is 1. The Morgan fingerprint density at radius 1 is 1.54 bits per heavy atom. The summed E-state index contributed by atoms with van der Waals surface area (Å²) >= 11 is 0. The minimum Gasteiger partial charge on any atom is -0.508 e. The van der Waals surface area contributed by atoms with E-state index in [9.17, 15) is 0 Å². The summed E-state index contributed by atoms with van der Waals surface area (Å²) in [6, 6.07) is 4.13. The van der Waals surface area contributed by atoms with E-state index in [4.69, 9.17) is 20.7 Å². The summed E-state index contributed by atoms with van der Waals surface area (Å²) in [6.45, 7) is -0.152. The zero-order chi connectivity index (χ0) is 9.84. The van der Waals surface area contributed by atoms with E-state index in [-0.39, 0.29) is 12.4 Å². The number of rotatable bonds is 3. The monoisotopic (exact) mass is 183 g/mol. The first-order valence-corrected chi connectivity index (χ1v) is 3.92. The van der Waals surface area contributed by atoms with Gasteiger partial charge in [-0.15, -0.1) is 0 Å². The van der Waals surface area contributed by atoms with Crippen molar-refractivity contribution in [2.45, 2.75) is 6.04 Å². The summed E-state index contributed by atoms with van der Waals surface area (Å²) in [7, 11) is 1.49. The van der Waals surface area contributed by atoms with E-state index in [2.05, 4.69) is 0 Å². The van der Waals surface area contributed by atoms with E-state index < -0.39 is 6.04 Å². The molecule has 4 nitrogen and oxygen atoms in total. The van der Waals surface area contributed by atoms with E-state index in [1.54, 1.807) is 6.07 Å². The van der Waals surface area contributed by atoms with E-state index in [0.717, 1.165) is 0 Å². The normalized spacial score (nSPS) is 12.5. The van der Waals surface area contributed by atoms with E-state index in [0.29, 0.717) is 11.3 Å². The number of aliphatic hydroxyl groups is 1. The molecular formula is C9H13NO3. The van der Waals surface area contributed by atoms with Crippen LogP contribution in [0.25, 0.3) is 0 Å². The van der Waals surface area contributed by atoms with Crippen molar-refractivity contribution in [3.05, 3.63) is 23.8 Å². The fourth-order valence-electron chi connectivity index (χ4n) is 1.10. The van der Waals surface area contributed by atoms with Gasteiger partial charge in [-0.2, -0.15) is 0 Å². The SMILES string of the molecule is COc1cc(O)ccc1[C@H](N)CO. The zero-order valence-corrected chi connectivity index (χ0v) is 7.40. The average molecular weight is 183 g/mol. The van der Waals surface area contributed by atoms with Gasteiger partial charge in [-0.25, -0.2) is 0 Å². The third-order valence-electron chi connectivity index (χ3n) is 1.81. The largest absolute Gasteiger partial charge is 0.508 e. The van der Waals surface area contributed by atoms with Crippen LogP contribution >= 0.6 is 0 Å². The molecule has 1 aromatic rings. The quantitative estimate of drug-likeness (QED) is 0.633. The van der Waals surface area contributed by atoms with Crippen molar-refractivity contribution < 1.29 is 14.9 Å². The summed E-state index contributed by atoms with van der Waals surface area (Å²) in [4.78, 5) is 0. The number of aromatic hydroxyl groups is 1. The van der Waals surface area contributed by atoms with E-state index in [1.165, 1.54) is 19.2 Å². The standard InChI is InChI=1S/C9H13NO3/c1-13-9-4-6(12)2-3-7(9)8(10)5-11/h2-4,8,11-12H,5,10H2,1H3/t8-/m1/s1. The van der Waals surface area contributed by atoms with Gasteiger partial charge in [0.05, 0.1) is 19.8 Å². The number of hydrogen-bond donors (Lipinski definition) is 3.